The quantitative estimate of drug-likeness (QED) is 0.939. The Kier molecular flexibility index (Phi) is 4.75. The second kappa shape index (κ2) is 6.75. The molecule has 2 heterocycles. The van der Waals surface area contributed by atoms with Crippen molar-refractivity contribution in [3.63, 3.8) is 0 Å². The van der Waals surface area contributed by atoms with Crippen LogP contribution in [0.3, 0.4) is 0 Å². The van der Waals surface area contributed by atoms with Crippen LogP contribution in [0, 0.1) is 0 Å². The van der Waals surface area contributed by atoms with Crippen LogP contribution in [-0.4, -0.2) is 41.2 Å². The van der Waals surface area contributed by atoms with Crippen LogP contribution in [-0.2, 0) is 6.54 Å². The lowest BCUT2D eigenvalue weighted by Gasteiger charge is -2.16. The van der Waals surface area contributed by atoms with Crippen LogP contribution in [0.25, 0.3) is 11.4 Å². The molecule has 0 spiro atoms. The van der Waals surface area contributed by atoms with E-state index in [-0.39, 0.29) is 0 Å². The van der Waals surface area contributed by atoms with E-state index in [0.29, 0.717) is 28.3 Å². The first kappa shape index (κ1) is 14.8. The molecule has 7 heteroatoms. The third-order valence-electron chi connectivity index (χ3n) is 3.38. The lowest BCUT2D eigenvalue weighted by atomic mass is 10.2. The van der Waals surface area contributed by atoms with Crippen molar-refractivity contribution in [2.75, 3.05) is 26.2 Å². The fourth-order valence-electron chi connectivity index (χ4n) is 2.37. The molecule has 1 saturated heterocycles. The molecule has 0 atom stereocenters. The molecule has 1 fully saturated rings. The van der Waals surface area contributed by atoms with Gasteiger partial charge in [0.1, 0.15) is 0 Å². The van der Waals surface area contributed by atoms with E-state index in [1.807, 2.05) is 0 Å². The molecule has 1 aliphatic heterocycles. The summed E-state index contributed by atoms with van der Waals surface area (Å²) in [4.78, 5) is 6.74. The van der Waals surface area contributed by atoms with Crippen LogP contribution in [0.15, 0.2) is 22.7 Å². The highest BCUT2D eigenvalue weighted by Crippen LogP contribution is 2.25. The Bertz CT molecular complexity index is 589. The number of nitrogens with one attached hydrogen (secondary N) is 1. The minimum atomic E-state index is 0.516. The molecule has 0 unspecified atom stereocenters. The van der Waals surface area contributed by atoms with Crippen LogP contribution in [0.1, 0.15) is 12.3 Å². The zero-order valence-corrected chi connectivity index (χ0v) is 13.0. The molecule has 112 valence electrons. The van der Waals surface area contributed by atoms with E-state index in [0.717, 1.165) is 38.2 Å². The van der Waals surface area contributed by atoms with E-state index in [4.69, 9.17) is 27.7 Å². The maximum absolute atomic E-state index is 5.99. The second-order valence-corrected chi connectivity index (χ2v) is 5.92. The molecule has 2 aromatic rings. The molecule has 0 saturated carbocycles. The predicted octanol–water partition coefficient (Wildman–Crippen LogP) is 2.84. The number of aromatic nitrogens is 2. The average Bonchev–Trinajstić information content (AvgIpc) is 2.74. The van der Waals surface area contributed by atoms with Crippen LogP contribution in [0.4, 0.5) is 0 Å². The van der Waals surface area contributed by atoms with Crippen molar-refractivity contribution in [3.8, 4) is 11.4 Å². The number of halogens is 2. The van der Waals surface area contributed by atoms with Crippen molar-refractivity contribution in [3.05, 3.63) is 34.1 Å². The van der Waals surface area contributed by atoms with Gasteiger partial charge in [-0.1, -0.05) is 28.4 Å². The largest absolute Gasteiger partial charge is 0.338 e. The summed E-state index contributed by atoms with van der Waals surface area (Å²) >= 11 is 12.0. The van der Waals surface area contributed by atoms with Gasteiger partial charge in [-0.25, -0.2) is 0 Å². The van der Waals surface area contributed by atoms with Gasteiger partial charge < -0.3 is 9.84 Å². The van der Waals surface area contributed by atoms with Crippen molar-refractivity contribution in [1.29, 1.82) is 0 Å². The van der Waals surface area contributed by atoms with Gasteiger partial charge >= 0.3 is 0 Å². The Morgan fingerprint density at radius 2 is 1.95 bits per heavy atom. The van der Waals surface area contributed by atoms with E-state index in [2.05, 4.69) is 20.4 Å². The predicted molar refractivity (Wildman–Crippen MR) is 82.5 cm³/mol. The summed E-state index contributed by atoms with van der Waals surface area (Å²) in [5.41, 5.74) is 0.764. The van der Waals surface area contributed by atoms with Crippen molar-refractivity contribution in [2.45, 2.75) is 13.0 Å². The summed E-state index contributed by atoms with van der Waals surface area (Å²) < 4.78 is 5.33. The molecule has 0 radical (unpaired) electrons. The molecule has 0 aliphatic carbocycles. The normalized spacial score (nSPS) is 16.9. The Balaban J connectivity index is 1.73. The first-order chi connectivity index (χ1) is 10.2. The molecule has 21 heavy (non-hydrogen) atoms. The van der Waals surface area contributed by atoms with E-state index in [9.17, 15) is 0 Å². The smallest absolute Gasteiger partial charge is 0.241 e. The fraction of sp³-hybridized carbons (Fsp3) is 0.429. The monoisotopic (exact) mass is 326 g/mol. The highest BCUT2D eigenvalue weighted by atomic mass is 35.5. The van der Waals surface area contributed by atoms with E-state index in [1.165, 1.54) is 0 Å². The number of benzene rings is 1. The standard InChI is InChI=1S/C14H16Cl2N4O/c15-11-6-10(7-12(16)8-11)14-18-13(21-19-14)9-20-4-1-2-17-3-5-20/h6-8,17H,1-5,9H2. The van der Waals surface area contributed by atoms with Crippen LogP contribution >= 0.6 is 23.2 Å². The highest BCUT2D eigenvalue weighted by molar-refractivity contribution is 6.35. The molecular formula is C14H16Cl2N4O. The number of hydrogen-bond acceptors (Lipinski definition) is 5. The van der Waals surface area contributed by atoms with Gasteiger partial charge in [-0.15, -0.1) is 0 Å². The summed E-state index contributed by atoms with van der Waals surface area (Å²) in [7, 11) is 0. The van der Waals surface area contributed by atoms with Crippen molar-refractivity contribution < 1.29 is 4.52 Å². The fourth-order valence-corrected chi connectivity index (χ4v) is 2.90. The molecule has 1 aliphatic rings. The lowest BCUT2D eigenvalue weighted by molar-refractivity contribution is 0.239. The van der Waals surface area contributed by atoms with Gasteiger partial charge in [0.05, 0.1) is 6.54 Å². The first-order valence-electron chi connectivity index (χ1n) is 6.93. The molecule has 5 nitrogen and oxygen atoms in total. The van der Waals surface area contributed by atoms with Crippen molar-refractivity contribution in [1.82, 2.24) is 20.4 Å². The third kappa shape index (κ3) is 3.95. The molecule has 0 bridgehead atoms. The molecule has 1 N–H and O–H groups in total. The Hall–Kier alpha value is -1.14. The molecular weight excluding hydrogens is 311 g/mol. The zero-order chi connectivity index (χ0) is 14.7. The maximum atomic E-state index is 5.99. The third-order valence-corrected chi connectivity index (χ3v) is 3.82. The first-order valence-corrected chi connectivity index (χ1v) is 7.68. The van der Waals surface area contributed by atoms with Gasteiger partial charge in [-0.3, -0.25) is 4.90 Å². The summed E-state index contributed by atoms with van der Waals surface area (Å²) in [6.07, 6.45) is 1.13. The Labute approximate surface area is 133 Å². The molecule has 0 amide bonds. The number of rotatable bonds is 3. The summed E-state index contributed by atoms with van der Waals surface area (Å²) in [6.45, 7) is 4.74. The van der Waals surface area contributed by atoms with E-state index >= 15 is 0 Å². The number of nitrogens with zero attached hydrogens (tertiary/aromatic N) is 3. The summed E-state index contributed by atoms with van der Waals surface area (Å²) in [5, 5.41) is 8.50. The lowest BCUT2D eigenvalue weighted by Crippen LogP contribution is -2.27. The van der Waals surface area contributed by atoms with Gasteiger partial charge in [0.25, 0.3) is 0 Å². The molecule has 1 aromatic heterocycles. The van der Waals surface area contributed by atoms with Gasteiger partial charge in [0.15, 0.2) is 0 Å². The Morgan fingerprint density at radius 3 is 2.76 bits per heavy atom. The maximum Gasteiger partial charge on any atom is 0.241 e. The number of hydrogen-bond donors (Lipinski definition) is 1. The molecule has 1 aromatic carbocycles. The average molecular weight is 327 g/mol. The summed E-state index contributed by atoms with van der Waals surface area (Å²) in [5.74, 6) is 1.13. The van der Waals surface area contributed by atoms with Gasteiger partial charge in [-0.05, 0) is 37.7 Å². The highest BCUT2D eigenvalue weighted by Gasteiger charge is 2.15. The van der Waals surface area contributed by atoms with Crippen LogP contribution < -0.4 is 5.32 Å². The van der Waals surface area contributed by atoms with Crippen LogP contribution in [0.2, 0.25) is 10.0 Å². The van der Waals surface area contributed by atoms with Gasteiger partial charge in [0, 0.05) is 28.7 Å². The Morgan fingerprint density at radius 1 is 1.14 bits per heavy atom. The van der Waals surface area contributed by atoms with Crippen molar-refractivity contribution >= 4 is 23.2 Å². The van der Waals surface area contributed by atoms with E-state index < -0.39 is 0 Å². The summed E-state index contributed by atoms with van der Waals surface area (Å²) in [6, 6.07) is 5.23. The topological polar surface area (TPSA) is 54.2 Å². The van der Waals surface area contributed by atoms with Crippen LogP contribution in [0.5, 0.6) is 0 Å². The SMILES string of the molecule is Clc1cc(Cl)cc(-c2noc(CN3CCCNCC3)n2)c1. The van der Waals surface area contributed by atoms with Crippen molar-refractivity contribution in [2.24, 2.45) is 0 Å². The zero-order valence-electron chi connectivity index (χ0n) is 11.5. The van der Waals surface area contributed by atoms with Gasteiger partial charge in [0.2, 0.25) is 11.7 Å². The second-order valence-electron chi connectivity index (χ2n) is 5.05. The van der Waals surface area contributed by atoms with E-state index in [1.54, 1.807) is 18.2 Å². The minimum Gasteiger partial charge on any atom is -0.338 e. The molecule has 3 rings (SSSR count). The minimum absolute atomic E-state index is 0.516. The van der Waals surface area contributed by atoms with Gasteiger partial charge in [-0.2, -0.15) is 4.98 Å².